The van der Waals surface area contributed by atoms with Crippen LogP contribution in [0.15, 0.2) is 40.8 Å². The summed E-state index contributed by atoms with van der Waals surface area (Å²) in [6.07, 6.45) is 5.49. The van der Waals surface area contributed by atoms with Gasteiger partial charge < -0.3 is 9.94 Å². The van der Waals surface area contributed by atoms with Crippen molar-refractivity contribution in [3.63, 3.8) is 0 Å². The average molecular weight is 298 g/mol. The number of nitrogens with zero attached hydrogens (tertiary/aromatic N) is 1. The molecule has 0 aliphatic heterocycles. The van der Waals surface area contributed by atoms with Gasteiger partial charge in [-0.15, -0.1) is 6.58 Å². The SMILES string of the molecule is C=CC[C@H]1CC(=O)C(/C(CC)=N\OC/C=C\Cl)=C(O)C1. The van der Waals surface area contributed by atoms with Crippen molar-refractivity contribution in [2.24, 2.45) is 11.1 Å². The summed E-state index contributed by atoms with van der Waals surface area (Å²) in [7, 11) is 0. The summed E-state index contributed by atoms with van der Waals surface area (Å²) in [5.41, 5.74) is 2.12. The first-order valence-electron chi connectivity index (χ1n) is 6.64. The van der Waals surface area contributed by atoms with Crippen molar-refractivity contribution in [2.75, 3.05) is 6.61 Å². The third-order valence-electron chi connectivity index (χ3n) is 3.08. The fourth-order valence-corrected chi connectivity index (χ4v) is 2.26. The number of ketones is 1. The van der Waals surface area contributed by atoms with Crippen LogP contribution in [0.3, 0.4) is 0 Å². The molecule has 0 aromatic heterocycles. The van der Waals surface area contributed by atoms with Crippen molar-refractivity contribution in [3.8, 4) is 0 Å². The fraction of sp³-hybridized carbons (Fsp3) is 0.467. The quantitative estimate of drug-likeness (QED) is 0.336. The van der Waals surface area contributed by atoms with Gasteiger partial charge in [-0.05, 0) is 24.8 Å². The van der Waals surface area contributed by atoms with Crippen molar-refractivity contribution in [3.05, 3.63) is 35.6 Å². The Kier molecular flexibility index (Phi) is 7.09. The highest BCUT2D eigenvalue weighted by molar-refractivity contribution is 6.25. The van der Waals surface area contributed by atoms with E-state index < -0.39 is 0 Å². The van der Waals surface area contributed by atoms with Gasteiger partial charge in [0.15, 0.2) is 5.78 Å². The minimum atomic E-state index is -0.0855. The highest BCUT2D eigenvalue weighted by Gasteiger charge is 2.29. The van der Waals surface area contributed by atoms with E-state index in [1.165, 1.54) is 5.54 Å². The summed E-state index contributed by atoms with van der Waals surface area (Å²) in [5, 5.41) is 14.0. The Bertz CT molecular complexity index is 452. The molecule has 20 heavy (non-hydrogen) atoms. The van der Waals surface area contributed by atoms with Crippen LogP contribution in [-0.2, 0) is 9.63 Å². The predicted octanol–water partition coefficient (Wildman–Crippen LogP) is 3.89. The second-order valence-corrected chi connectivity index (χ2v) is 4.84. The molecule has 4 nitrogen and oxygen atoms in total. The maximum Gasteiger partial charge on any atom is 0.168 e. The molecule has 110 valence electrons. The van der Waals surface area contributed by atoms with Gasteiger partial charge in [-0.2, -0.15) is 0 Å². The van der Waals surface area contributed by atoms with E-state index >= 15 is 0 Å². The molecule has 1 aliphatic carbocycles. The maximum absolute atomic E-state index is 12.2. The first kappa shape index (κ1) is 16.5. The third kappa shape index (κ3) is 4.53. The molecular formula is C15H20ClNO3. The van der Waals surface area contributed by atoms with Crippen LogP contribution in [0.5, 0.6) is 0 Å². The molecule has 0 amide bonds. The molecule has 0 saturated heterocycles. The zero-order valence-electron chi connectivity index (χ0n) is 11.6. The van der Waals surface area contributed by atoms with Crippen LogP contribution >= 0.6 is 11.6 Å². The van der Waals surface area contributed by atoms with Gasteiger partial charge >= 0.3 is 0 Å². The molecule has 0 spiro atoms. The van der Waals surface area contributed by atoms with E-state index in [0.717, 1.165) is 6.42 Å². The monoisotopic (exact) mass is 297 g/mol. The number of aliphatic hydroxyl groups is 1. The Balaban J connectivity index is 2.87. The maximum atomic E-state index is 12.2. The molecule has 0 aromatic carbocycles. The van der Waals surface area contributed by atoms with Crippen molar-refractivity contribution >= 4 is 23.1 Å². The Morgan fingerprint density at radius 1 is 1.60 bits per heavy atom. The summed E-state index contributed by atoms with van der Waals surface area (Å²) in [6, 6.07) is 0. The van der Waals surface area contributed by atoms with Crippen LogP contribution in [0.4, 0.5) is 0 Å². The van der Waals surface area contributed by atoms with Crippen molar-refractivity contribution in [2.45, 2.75) is 32.6 Å². The summed E-state index contributed by atoms with van der Waals surface area (Å²) in [5.74, 6) is 0.143. The van der Waals surface area contributed by atoms with E-state index in [1.807, 2.05) is 6.92 Å². The minimum Gasteiger partial charge on any atom is -0.511 e. The Labute approximate surface area is 124 Å². The number of aliphatic hydroxyl groups excluding tert-OH is 1. The highest BCUT2D eigenvalue weighted by atomic mass is 35.5. The van der Waals surface area contributed by atoms with E-state index in [9.17, 15) is 9.90 Å². The number of halogens is 1. The number of carbonyl (C=O) groups is 1. The smallest absolute Gasteiger partial charge is 0.168 e. The summed E-state index contributed by atoms with van der Waals surface area (Å²) >= 11 is 5.37. The van der Waals surface area contributed by atoms with Gasteiger partial charge in [0.05, 0.1) is 11.3 Å². The molecule has 1 rings (SSSR count). The number of allylic oxidation sites excluding steroid dienone is 3. The molecule has 0 saturated carbocycles. The average Bonchev–Trinajstić information content (AvgIpc) is 2.41. The fourth-order valence-electron chi connectivity index (χ4n) is 2.18. The molecule has 0 unspecified atom stereocenters. The zero-order valence-corrected chi connectivity index (χ0v) is 12.4. The third-order valence-corrected chi connectivity index (χ3v) is 3.26. The second kappa shape index (κ2) is 8.59. The van der Waals surface area contributed by atoms with Gasteiger partial charge in [-0.1, -0.05) is 29.8 Å². The first-order chi connectivity index (χ1) is 9.63. The van der Waals surface area contributed by atoms with E-state index in [4.69, 9.17) is 16.4 Å². The molecule has 1 aliphatic rings. The second-order valence-electron chi connectivity index (χ2n) is 4.59. The standard InChI is InChI=1S/C15H20ClNO3/c1-3-6-11-9-13(18)15(14(19)10-11)12(4-2)17-20-8-5-7-16/h3,5,7,11,18H,1,4,6,8-10H2,2H3/b7-5-,17-12-/t11-/m1/s1. The summed E-state index contributed by atoms with van der Waals surface area (Å²) < 4.78 is 0. The lowest BCUT2D eigenvalue weighted by Gasteiger charge is -2.22. The number of oxime groups is 1. The lowest BCUT2D eigenvalue weighted by Crippen LogP contribution is -2.24. The molecule has 0 radical (unpaired) electrons. The van der Waals surface area contributed by atoms with E-state index in [2.05, 4.69) is 11.7 Å². The van der Waals surface area contributed by atoms with Gasteiger partial charge in [-0.3, -0.25) is 4.79 Å². The Morgan fingerprint density at radius 3 is 2.90 bits per heavy atom. The number of carbonyl (C=O) groups excluding carboxylic acids is 1. The molecular weight excluding hydrogens is 278 g/mol. The number of rotatable bonds is 7. The molecule has 0 heterocycles. The van der Waals surface area contributed by atoms with Gasteiger partial charge in [-0.25, -0.2) is 0 Å². The summed E-state index contributed by atoms with van der Waals surface area (Å²) in [6.45, 7) is 5.76. The predicted molar refractivity (Wildman–Crippen MR) is 80.9 cm³/mol. The van der Waals surface area contributed by atoms with Gasteiger partial charge in [0.25, 0.3) is 0 Å². The van der Waals surface area contributed by atoms with Crippen LogP contribution in [0.1, 0.15) is 32.6 Å². The van der Waals surface area contributed by atoms with Crippen LogP contribution in [0.2, 0.25) is 0 Å². The van der Waals surface area contributed by atoms with Gasteiger partial charge in [0, 0.05) is 18.4 Å². The number of Topliss-reactive ketones (excluding diaryl/α,β-unsaturated/α-hetero) is 1. The largest absolute Gasteiger partial charge is 0.511 e. The van der Waals surface area contributed by atoms with Crippen LogP contribution < -0.4 is 0 Å². The van der Waals surface area contributed by atoms with Gasteiger partial charge in [0.1, 0.15) is 12.4 Å². The van der Waals surface area contributed by atoms with E-state index in [0.29, 0.717) is 30.5 Å². The molecule has 0 aromatic rings. The normalized spacial score (nSPS) is 20.6. The molecule has 1 atom stereocenters. The molecule has 5 heteroatoms. The lowest BCUT2D eigenvalue weighted by molar-refractivity contribution is -0.116. The zero-order chi connectivity index (χ0) is 15.0. The van der Waals surface area contributed by atoms with Crippen LogP contribution in [0, 0.1) is 5.92 Å². The van der Waals surface area contributed by atoms with Crippen molar-refractivity contribution < 1.29 is 14.7 Å². The van der Waals surface area contributed by atoms with Crippen LogP contribution in [0.25, 0.3) is 0 Å². The van der Waals surface area contributed by atoms with E-state index in [-0.39, 0.29) is 24.1 Å². The number of hydrogen-bond donors (Lipinski definition) is 1. The van der Waals surface area contributed by atoms with Crippen LogP contribution in [-0.4, -0.2) is 23.2 Å². The van der Waals surface area contributed by atoms with Crippen molar-refractivity contribution in [1.29, 1.82) is 0 Å². The lowest BCUT2D eigenvalue weighted by atomic mass is 9.83. The Hall–Kier alpha value is -1.55. The van der Waals surface area contributed by atoms with Crippen molar-refractivity contribution in [1.82, 2.24) is 0 Å². The Morgan fingerprint density at radius 2 is 2.35 bits per heavy atom. The number of hydrogen-bond acceptors (Lipinski definition) is 4. The minimum absolute atomic E-state index is 0.0855. The van der Waals surface area contributed by atoms with E-state index in [1.54, 1.807) is 12.2 Å². The topological polar surface area (TPSA) is 58.9 Å². The van der Waals surface area contributed by atoms with Gasteiger partial charge in [0.2, 0.25) is 0 Å². The first-order valence-corrected chi connectivity index (χ1v) is 7.08. The highest BCUT2D eigenvalue weighted by Crippen LogP contribution is 2.29. The molecule has 1 N–H and O–H groups in total. The summed E-state index contributed by atoms with van der Waals surface area (Å²) in [4.78, 5) is 17.2. The molecule has 0 fully saturated rings. The molecule has 0 bridgehead atoms.